The zero-order valence-electron chi connectivity index (χ0n) is 19.0. The zero-order valence-corrected chi connectivity index (χ0v) is 19.0. The SMILES string of the molecule is COc1ccc(OCCN2C(=O)C(O)=C(C(=O)C(C)(C)C)C2c2cccc(OC)c2)cc1. The number of ether oxygens (including phenoxy) is 3. The van der Waals surface area contributed by atoms with Gasteiger partial charge in [-0.05, 0) is 42.0 Å². The molecule has 0 fully saturated rings. The minimum atomic E-state index is -0.768. The van der Waals surface area contributed by atoms with E-state index in [4.69, 9.17) is 14.2 Å². The third-order valence-electron chi connectivity index (χ3n) is 5.30. The van der Waals surface area contributed by atoms with Crippen molar-refractivity contribution in [3.05, 3.63) is 65.4 Å². The Balaban J connectivity index is 1.89. The number of hydrogen-bond acceptors (Lipinski definition) is 6. The number of rotatable bonds is 8. The molecule has 2 aromatic rings. The van der Waals surface area contributed by atoms with Crippen molar-refractivity contribution in [2.45, 2.75) is 26.8 Å². The molecule has 1 aliphatic heterocycles. The van der Waals surface area contributed by atoms with Crippen LogP contribution in [0.15, 0.2) is 59.9 Å². The van der Waals surface area contributed by atoms with Crippen molar-refractivity contribution in [3.8, 4) is 17.2 Å². The van der Waals surface area contributed by atoms with Crippen molar-refractivity contribution >= 4 is 11.7 Å². The summed E-state index contributed by atoms with van der Waals surface area (Å²) in [6.07, 6.45) is 0. The highest BCUT2D eigenvalue weighted by Crippen LogP contribution is 2.41. The van der Waals surface area contributed by atoms with E-state index in [2.05, 4.69) is 0 Å². The predicted molar refractivity (Wildman–Crippen MR) is 120 cm³/mol. The van der Waals surface area contributed by atoms with E-state index in [1.807, 2.05) is 6.07 Å². The number of hydrogen-bond donors (Lipinski definition) is 1. The zero-order chi connectivity index (χ0) is 23.5. The molecule has 1 amide bonds. The standard InChI is InChI=1S/C25H29NO6/c1-25(2,3)23(28)20-21(16-7-6-8-19(15-16)31-5)26(24(29)22(20)27)13-14-32-18-11-9-17(30-4)10-12-18/h6-12,15,21,27H,13-14H2,1-5H3. The molecular formula is C25H29NO6. The molecule has 7 nitrogen and oxygen atoms in total. The molecule has 1 unspecified atom stereocenters. The molecule has 0 radical (unpaired) electrons. The number of Topliss-reactive ketones (excluding diaryl/α,β-unsaturated/α-hetero) is 1. The first-order valence-electron chi connectivity index (χ1n) is 10.4. The average Bonchev–Trinajstić information content (AvgIpc) is 3.03. The van der Waals surface area contributed by atoms with Gasteiger partial charge in [-0.25, -0.2) is 0 Å². The number of benzene rings is 2. The number of aliphatic hydroxyl groups excluding tert-OH is 1. The molecule has 7 heteroatoms. The highest BCUT2D eigenvalue weighted by Gasteiger charge is 2.45. The van der Waals surface area contributed by atoms with E-state index in [1.165, 1.54) is 4.90 Å². The van der Waals surface area contributed by atoms with Gasteiger partial charge in [0.2, 0.25) is 0 Å². The van der Waals surface area contributed by atoms with Crippen molar-refractivity contribution in [3.63, 3.8) is 0 Å². The summed E-state index contributed by atoms with van der Waals surface area (Å²) in [5.41, 5.74) is 0.00931. The second-order valence-corrected chi connectivity index (χ2v) is 8.54. The van der Waals surface area contributed by atoms with Gasteiger partial charge in [-0.1, -0.05) is 32.9 Å². The Morgan fingerprint density at radius 2 is 1.62 bits per heavy atom. The molecular weight excluding hydrogens is 410 g/mol. The van der Waals surface area contributed by atoms with Crippen molar-refractivity contribution in [1.82, 2.24) is 4.90 Å². The Kier molecular flexibility index (Phi) is 6.77. The van der Waals surface area contributed by atoms with Crippen LogP contribution in [0.1, 0.15) is 32.4 Å². The van der Waals surface area contributed by atoms with Crippen LogP contribution in [0, 0.1) is 5.41 Å². The van der Waals surface area contributed by atoms with E-state index in [9.17, 15) is 14.7 Å². The first kappa shape index (κ1) is 23.2. The van der Waals surface area contributed by atoms with Crippen molar-refractivity contribution in [1.29, 1.82) is 0 Å². The maximum absolute atomic E-state index is 13.2. The molecule has 1 aliphatic rings. The second-order valence-electron chi connectivity index (χ2n) is 8.54. The van der Waals surface area contributed by atoms with Crippen molar-refractivity contribution < 1.29 is 28.9 Å². The number of amides is 1. The van der Waals surface area contributed by atoms with Crippen molar-refractivity contribution in [2.24, 2.45) is 5.41 Å². The molecule has 0 bridgehead atoms. The van der Waals surface area contributed by atoms with Crippen molar-refractivity contribution in [2.75, 3.05) is 27.4 Å². The summed E-state index contributed by atoms with van der Waals surface area (Å²) >= 11 is 0. The Labute approximate surface area is 188 Å². The van der Waals surface area contributed by atoms with E-state index >= 15 is 0 Å². The number of carbonyl (C=O) groups is 2. The van der Waals surface area contributed by atoms with Crippen LogP contribution < -0.4 is 14.2 Å². The van der Waals surface area contributed by atoms with Crippen LogP contribution >= 0.6 is 0 Å². The van der Waals surface area contributed by atoms with Crippen LogP contribution in [0.5, 0.6) is 17.2 Å². The van der Waals surface area contributed by atoms with E-state index < -0.39 is 23.1 Å². The Bertz CT molecular complexity index is 1020. The smallest absolute Gasteiger partial charge is 0.290 e. The number of ketones is 1. The van der Waals surface area contributed by atoms with Gasteiger partial charge in [-0.15, -0.1) is 0 Å². The number of nitrogens with zero attached hydrogens (tertiary/aromatic N) is 1. The average molecular weight is 440 g/mol. The van der Waals surface area contributed by atoms with Gasteiger partial charge in [-0.2, -0.15) is 0 Å². The van der Waals surface area contributed by atoms with E-state index in [0.717, 1.165) is 0 Å². The van der Waals surface area contributed by atoms with E-state index in [1.54, 1.807) is 77.5 Å². The third kappa shape index (κ3) is 4.72. The summed E-state index contributed by atoms with van der Waals surface area (Å²) in [7, 11) is 3.14. The summed E-state index contributed by atoms with van der Waals surface area (Å²) in [5, 5.41) is 10.7. The molecule has 0 aliphatic carbocycles. The summed E-state index contributed by atoms with van der Waals surface area (Å²) < 4.78 is 16.2. The minimum absolute atomic E-state index is 0.0974. The molecule has 0 aromatic heterocycles. The van der Waals surface area contributed by atoms with Gasteiger partial charge < -0.3 is 24.2 Å². The maximum Gasteiger partial charge on any atom is 0.290 e. The van der Waals surface area contributed by atoms with Gasteiger partial charge in [0, 0.05) is 5.41 Å². The van der Waals surface area contributed by atoms with Crippen LogP contribution in [-0.4, -0.2) is 49.1 Å². The largest absolute Gasteiger partial charge is 0.503 e. The van der Waals surface area contributed by atoms with Crippen LogP contribution in [-0.2, 0) is 9.59 Å². The fourth-order valence-electron chi connectivity index (χ4n) is 3.61. The van der Waals surface area contributed by atoms with Gasteiger partial charge >= 0.3 is 0 Å². The lowest BCUT2D eigenvalue weighted by Gasteiger charge is -2.29. The lowest BCUT2D eigenvalue weighted by Crippen LogP contribution is -2.35. The van der Waals surface area contributed by atoms with Gasteiger partial charge in [0.25, 0.3) is 5.91 Å². The van der Waals surface area contributed by atoms with Gasteiger partial charge in [0.15, 0.2) is 11.5 Å². The second kappa shape index (κ2) is 9.34. The van der Waals surface area contributed by atoms with Crippen LogP contribution in [0.3, 0.4) is 0 Å². The highest BCUT2D eigenvalue weighted by atomic mass is 16.5. The van der Waals surface area contributed by atoms with E-state index in [-0.39, 0.29) is 24.5 Å². The summed E-state index contributed by atoms with van der Waals surface area (Å²) in [6.45, 7) is 5.65. The highest BCUT2D eigenvalue weighted by molar-refractivity contribution is 6.10. The molecule has 1 heterocycles. The fourth-order valence-corrected chi connectivity index (χ4v) is 3.61. The summed E-state index contributed by atoms with van der Waals surface area (Å²) in [4.78, 5) is 27.6. The first-order valence-corrected chi connectivity index (χ1v) is 10.4. The lowest BCUT2D eigenvalue weighted by atomic mass is 9.82. The van der Waals surface area contributed by atoms with Gasteiger partial charge in [0.05, 0.1) is 32.4 Å². The third-order valence-corrected chi connectivity index (χ3v) is 5.30. The molecule has 1 N–H and O–H groups in total. The normalized spacial score (nSPS) is 16.3. The topological polar surface area (TPSA) is 85.3 Å². The molecule has 1 atom stereocenters. The lowest BCUT2D eigenvalue weighted by molar-refractivity contribution is -0.129. The molecule has 0 spiro atoms. The number of carbonyl (C=O) groups excluding carboxylic acids is 2. The van der Waals surface area contributed by atoms with Crippen LogP contribution in [0.4, 0.5) is 0 Å². The molecule has 0 saturated heterocycles. The van der Waals surface area contributed by atoms with Gasteiger partial charge in [0.1, 0.15) is 23.9 Å². The summed E-state index contributed by atoms with van der Waals surface area (Å²) in [5.74, 6) is 0.544. The molecule has 32 heavy (non-hydrogen) atoms. The minimum Gasteiger partial charge on any atom is -0.503 e. The van der Waals surface area contributed by atoms with E-state index in [0.29, 0.717) is 22.8 Å². The molecule has 2 aromatic carbocycles. The fraction of sp³-hybridized carbons (Fsp3) is 0.360. The van der Waals surface area contributed by atoms with Crippen LogP contribution in [0.2, 0.25) is 0 Å². The monoisotopic (exact) mass is 439 g/mol. The molecule has 170 valence electrons. The van der Waals surface area contributed by atoms with Crippen LogP contribution in [0.25, 0.3) is 0 Å². The Morgan fingerprint density at radius 3 is 2.22 bits per heavy atom. The number of aliphatic hydroxyl groups is 1. The maximum atomic E-state index is 13.2. The Morgan fingerprint density at radius 1 is 1.00 bits per heavy atom. The first-order chi connectivity index (χ1) is 15.2. The molecule has 3 rings (SSSR count). The number of methoxy groups -OCH3 is 2. The molecule has 0 saturated carbocycles. The Hall–Kier alpha value is -3.48. The predicted octanol–water partition coefficient (Wildman–Crippen LogP) is 4.09. The van der Waals surface area contributed by atoms with Gasteiger partial charge in [-0.3, -0.25) is 9.59 Å². The summed E-state index contributed by atoms with van der Waals surface area (Å²) in [6, 6.07) is 13.5. The quantitative estimate of drug-likeness (QED) is 0.667.